The van der Waals surface area contributed by atoms with Gasteiger partial charge >= 0.3 is 0 Å². The highest BCUT2D eigenvalue weighted by Crippen LogP contribution is 2.57. The predicted octanol–water partition coefficient (Wildman–Crippen LogP) is 2.50. The average Bonchev–Trinajstić information content (AvgIpc) is 2.73. The zero-order chi connectivity index (χ0) is 11.3. The molecule has 0 spiro atoms. The van der Waals surface area contributed by atoms with Crippen LogP contribution in [0.4, 0.5) is 0 Å². The summed E-state index contributed by atoms with van der Waals surface area (Å²) in [6.45, 7) is 5.86. The smallest absolute Gasteiger partial charge is 0.184 e. The Bertz CT molecular complexity index is 454. The molecule has 0 N–H and O–H groups in total. The first kappa shape index (κ1) is 10.7. The average molecular weight is 224 g/mol. The lowest BCUT2D eigenvalue weighted by Gasteiger charge is -2.12. The summed E-state index contributed by atoms with van der Waals surface area (Å²) in [6.07, 6.45) is 0. The minimum atomic E-state index is -3.16. The summed E-state index contributed by atoms with van der Waals surface area (Å²) >= 11 is 0. The topological polar surface area (TPSA) is 34.1 Å². The van der Waals surface area contributed by atoms with E-state index < -0.39 is 14.6 Å². The molecule has 1 aromatic carbocycles. The third kappa shape index (κ3) is 1.26. The van der Waals surface area contributed by atoms with Gasteiger partial charge in [-0.2, -0.15) is 0 Å². The molecule has 1 saturated carbocycles. The largest absolute Gasteiger partial charge is 0.223 e. The summed E-state index contributed by atoms with van der Waals surface area (Å²) in [5.74, 6) is 0.505. The number of hydrogen-bond donors (Lipinski definition) is 0. The van der Waals surface area contributed by atoms with Crippen LogP contribution in [-0.4, -0.2) is 13.2 Å². The van der Waals surface area contributed by atoms with Crippen molar-refractivity contribution in [3.05, 3.63) is 30.3 Å². The summed E-state index contributed by atoms with van der Waals surface area (Å²) in [6, 6.07) is 8.74. The van der Waals surface area contributed by atoms with E-state index in [1.54, 1.807) is 24.3 Å². The number of hydrogen-bond acceptors (Lipinski definition) is 2. The standard InChI is InChI=1S/C12H16O2S/c1-9-10(2)12(9,3)15(13,14)11-7-5-4-6-8-11/h4-10H,1-3H3/t9-,10-/m0/s1. The zero-order valence-corrected chi connectivity index (χ0v) is 10.1. The van der Waals surface area contributed by atoms with Gasteiger partial charge < -0.3 is 0 Å². The Morgan fingerprint density at radius 2 is 1.53 bits per heavy atom. The minimum Gasteiger partial charge on any atom is -0.223 e. The lowest BCUT2D eigenvalue weighted by atomic mass is 10.4. The Labute approximate surface area is 91.2 Å². The van der Waals surface area contributed by atoms with Crippen molar-refractivity contribution in [3.8, 4) is 0 Å². The van der Waals surface area contributed by atoms with Gasteiger partial charge in [-0.1, -0.05) is 32.0 Å². The van der Waals surface area contributed by atoms with Crippen LogP contribution in [0, 0.1) is 11.8 Å². The second kappa shape index (κ2) is 3.08. The molecule has 0 bridgehead atoms. The van der Waals surface area contributed by atoms with E-state index in [2.05, 4.69) is 0 Å². The predicted molar refractivity (Wildman–Crippen MR) is 60.4 cm³/mol. The van der Waals surface area contributed by atoms with Gasteiger partial charge in [-0.25, -0.2) is 8.42 Å². The van der Waals surface area contributed by atoms with Gasteiger partial charge in [0.25, 0.3) is 0 Å². The van der Waals surface area contributed by atoms with E-state index in [4.69, 9.17) is 0 Å². The fourth-order valence-corrected chi connectivity index (χ4v) is 4.63. The lowest BCUT2D eigenvalue weighted by Crippen LogP contribution is -2.23. The second-order valence-corrected chi connectivity index (χ2v) is 6.94. The van der Waals surface area contributed by atoms with Crippen LogP contribution < -0.4 is 0 Å². The molecule has 0 aliphatic heterocycles. The molecule has 1 aromatic rings. The number of benzene rings is 1. The van der Waals surface area contributed by atoms with Gasteiger partial charge in [0.1, 0.15) is 0 Å². The molecule has 0 radical (unpaired) electrons. The highest BCUT2D eigenvalue weighted by atomic mass is 32.2. The summed E-state index contributed by atoms with van der Waals surface area (Å²) in [5.41, 5.74) is 0. The van der Waals surface area contributed by atoms with E-state index in [1.807, 2.05) is 26.8 Å². The molecule has 3 heteroatoms. The van der Waals surface area contributed by atoms with Crippen LogP contribution in [-0.2, 0) is 9.84 Å². The molecule has 15 heavy (non-hydrogen) atoms. The van der Waals surface area contributed by atoms with Crippen LogP contribution in [0.15, 0.2) is 35.2 Å². The molecule has 1 aliphatic carbocycles. The third-order valence-corrected chi connectivity index (χ3v) is 6.88. The molecule has 1 fully saturated rings. The molecule has 0 aromatic heterocycles. The van der Waals surface area contributed by atoms with Gasteiger partial charge in [0.2, 0.25) is 0 Å². The van der Waals surface area contributed by atoms with Crippen molar-refractivity contribution in [2.45, 2.75) is 30.4 Å². The van der Waals surface area contributed by atoms with Gasteiger partial charge in [-0.15, -0.1) is 0 Å². The molecular weight excluding hydrogens is 208 g/mol. The third-order valence-electron chi connectivity index (χ3n) is 4.08. The van der Waals surface area contributed by atoms with Gasteiger partial charge in [0, 0.05) is 0 Å². The number of sulfone groups is 1. The second-order valence-electron chi connectivity index (χ2n) is 4.58. The first-order chi connectivity index (χ1) is 6.92. The van der Waals surface area contributed by atoms with Crippen molar-refractivity contribution in [2.24, 2.45) is 11.8 Å². The fourth-order valence-electron chi connectivity index (χ4n) is 2.29. The maximum Gasteiger partial charge on any atom is 0.184 e. The maximum atomic E-state index is 12.3. The van der Waals surface area contributed by atoms with Crippen molar-refractivity contribution < 1.29 is 8.42 Å². The van der Waals surface area contributed by atoms with E-state index in [0.29, 0.717) is 4.90 Å². The lowest BCUT2D eigenvalue weighted by molar-refractivity contribution is 0.574. The Balaban J connectivity index is 2.47. The van der Waals surface area contributed by atoms with E-state index in [1.165, 1.54) is 0 Å². The summed E-state index contributed by atoms with van der Waals surface area (Å²) in [5, 5.41) is 0. The summed E-state index contributed by atoms with van der Waals surface area (Å²) in [4.78, 5) is 0.448. The van der Waals surface area contributed by atoms with E-state index >= 15 is 0 Å². The Morgan fingerprint density at radius 3 is 1.93 bits per heavy atom. The quantitative estimate of drug-likeness (QED) is 0.773. The highest BCUT2D eigenvalue weighted by molar-refractivity contribution is 7.93. The van der Waals surface area contributed by atoms with Crippen LogP contribution >= 0.6 is 0 Å². The van der Waals surface area contributed by atoms with E-state index in [9.17, 15) is 8.42 Å². The molecule has 0 saturated heterocycles. The summed E-state index contributed by atoms with van der Waals surface area (Å²) < 4.78 is 24.1. The number of rotatable bonds is 2. The van der Waals surface area contributed by atoms with E-state index in [-0.39, 0.29) is 11.8 Å². The fraction of sp³-hybridized carbons (Fsp3) is 0.500. The van der Waals surface area contributed by atoms with Gasteiger partial charge in [0.15, 0.2) is 9.84 Å². The van der Waals surface area contributed by atoms with E-state index in [0.717, 1.165) is 0 Å². The molecule has 2 atom stereocenters. The first-order valence-corrected chi connectivity index (χ1v) is 6.70. The zero-order valence-electron chi connectivity index (χ0n) is 9.27. The van der Waals surface area contributed by atoms with Gasteiger partial charge in [-0.3, -0.25) is 0 Å². The molecular formula is C12H16O2S. The molecule has 82 valence electrons. The maximum absolute atomic E-state index is 12.3. The Hall–Kier alpha value is -0.830. The Kier molecular flexibility index (Phi) is 2.19. The van der Waals surface area contributed by atoms with Crippen LogP contribution in [0.25, 0.3) is 0 Å². The molecule has 1 aliphatic rings. The molecule has 0 heterocycles. The molecule has 2 rings (SSSR count). The van der Waals surface area contributed by atoms with Gasteiger partial charge in [-0.05, 0) is 30.9 Å². The molecule has 0 amide bonds. The minimum absolute atomic E-state index is 0.253. The molecule has 2 nitrogen and oxygen atoms in total. The Morgan fingerprint density at radius 1 is 1.07 bits per heavy atom. The first-order valence-electron chi connectivity index (χ1n) is 5.22. The summed E-state index contributed by atoms with van der Waals surface area (Å²) in [7, 11) is -3.16. The highest BCUT2D eigenvalue weighted by Gasteiger charge is 2.64. The van der Waals surface area contributed by atoms with Crippen molar-refractivity contribution in [1.29, 1.82) is 0 Å². The normalized spacial score (nSPS) is 35.1. The van der Waals surface area contributed by atoms with Crippen LogP contribution in [0.3, 0.4) is 0 Å². The van der Waals surface area contributed by atoms with Gasteiger partial charge in [0.05, 0.1) is 9.64 Å². The van der Waals surface area contributed by atoms with Crippen molar-refractivity contribution in [2.75, 3.05) is 0 Å². The van der Waals surface area contributed by atoms with Crippen LogP contribution in [0.5, 0.6) is 0 Å². The SMILES string of the molecule is C[C@H]1[C@H](C)C1(C)S(=O)(=O)c1ccccc1. The van der Waals surface area contributed by atoms with Crippen molar-refractivity contribution in [3.63, 3.8) is 0 Å². The van der Waals surface area contributed by atoms with Crippen molar-refractivity contribution >= 4 is 9.84 Å². The van der Waals surface area contributed by atoms with Crippen LogP contribution in [0.2, 0.25) is 0 Å². The van der Waals surface area contributed by atoms with Crippen LogP contribution in [0.1, 0.15) is 20.8 Å². The van der Waals surface area contributed by atoms with Crippen molar-refractivity contribution in [1.82, 2.24) is 0 Å². The molecule has 0 unspecified atom stereocenters. The monoisotopic (exact) mass is 224 g/mol.